The van der Waals surface area contributed by atoms with Gasteiger partial charge in [0, 0.05) is 42.2 Å². The highest BCUT2D eigenvalue weighted by Gasteiger charge is 2.17. The lowest BCUT2D eigenvalue weighted by Gasteiger charge is -2.13. The van der Waals surface area contributed by atoms with Gasteiger partial charge in [-0.2, -0.15) is 0 Å². The maximum atomic E-state index is 12.6. The first-order valence-corrected chi connectivity index (χ1v) is 10.1. The van der Waals surface area contributed by atoms with Crippen molar-refractivity contribution in [2.75, 3.05) is 0 Å². The monoisotopic (exact) mass is 387 g/mol. The van der Waals surface area contributed by atoms with E-state index in [2.05, 4.69) is 23.7 Å². The molecule has 0 bridgehead atoms. The molecule has 0 aliphatic heterocycles. The molecule has 1 saturated carbocycles. The molecule has 3 aromatic rings. The number of aryl methyl sites for hydroxylation is 2. The second-order valence-corrected chi connectivity index (χ2v) is 7.42. The fraction of sp³-hybridized carbons (Fsp3) is 0.333. The Labute approximate surface area is 171 Å². The van der Waals surface area contributed by atoms with E-state index in [-0.39, 0.29) is 5.56 Å². The summed E-state index contributed by atoms with van der Waals surface area (Å²) in [6, 6.07) is 11.6. The molecule has 148 valence electrons. The molecule has 5 heteroatoms. The molecule has 1 aromatic carbocycles. The standard InChI is InChI=1S/C24H25N3O2/c1-3-26-13-12-25-23(26)17-29-22-14-18(2)27(24(28)15-22)16-21-10-8-20(9-11-21)7-6-19-4-5-19/h8-15,19H,3-5,16-17H2,1-2H3. The van der Waals surface area contributed by atoms with Crippen LogP contribution in [0.25, 0.3) is 0 Å². The summed E-state index contributed by atoms with van der Waals surface area (Å²) in [5.41, 5.74) is 2.89. The van der Waals surface area contributed by atoms with Crippen LogP contribution < -0.4 is 10.3 Å². The number of ether oxygens (including phenoxy) is 1. The van der Waals surface area contributed by atoms with Crippen molar-refractivity contribution in [3.05, 3.63) is 81.8 Å². The Morgan fingerprint density at radius 2 is 2.00 bits per heavy atom. The van der Waals surface area contributed by atoms with Crippen molar-refractivity contribution < 1.29 is 4.74 Å². The summed E-state index contributed by atoms with van der Waals surface area (Å²) in [5, 5.41) is 0. The van der Waals surface area contributed by atoms with Gasteiger partial charge in [0.1, 0.15) is 18.2 Å². The van der Waals surface area contributed by atoms with Crippen LogP contribution in [-0.4, -0.2) is 14.1 Å². The maximum Gasteiger partial charge on any atom is 0.254 e. The summed E-state index contributed by atoms with van der Waals surface area (Å²) < 4.78 is 9.59. The van der Waals surface area contributed by atoms with Crippen molar-refractivity contribution in [3.8, 4) is 17.6 Å². The van der Waals surface area contributed by atoms with Gasteiger partial charge in [0.25, 0.3) is 5.56 Å². The molecule has 0 spiro atoms. The Kier molecular flexibility index (Phi) is 5.53. The maximum absolute atomic E-state index is 12.6. The van der Waals surface area contributed by atoms with Gasteiger partial charge in [-0.15, -0.1) is 0 Å². The van der Waals surface area contributed by atoms with Crippen molar-refractivity contribution in [1.82, 2.24) is 14.1 Å². The van der Waals surface area contributed by atoms with Crippen LogP contribution in [0.3, 0.4) is 0 Å². The minimum Gasteiger partial charge on any atom is -0.485 e. The summed E-state index contributed by atoms with van der Waals surface area (Å²) in [6.07, 6.45) is 6.14. The van der Waals surface area contributed by atoms with E-state index in [0.29, 0.717) is 24.8 Å². The van der Waals surface area contributed by atoms with Gasteiger partial charge in [-0.25, -0.2) is 4.98 Å². The lowest BCUT2D eigenvalue weighted by atomic mass is 10.1. The fourth-order valence-electron chi connectivity index (χ4n) is 3.19. The largest absolute Gasteiger partial charge is 0.485 e. The van der Waals surface area contributed by atoms with Gasteiger partial charge >= 0.3 is 0 Å². The van der Waals surface area contributed by atoms with E-state index in [0.717, 1.165) is 29.2 Å². The molecule has 2 heterocycles. The highest BCUT2D eigenvalue weighted by molar-refractivity contribution is 5.37. The van der Waals surface area contributed by atoms with Gasteiger partial charge in [0.2, 0.25) is 0 Å². The van der Waals surface area contributed by atoms with Gasteiger partial charge < -0.3 is 13.9 Å². The molecule has 1 fully saturated rings. The van der Waals surface area contributed by atoms with Crippen LogP contribution in [0.4, 0.5) is 0 Å². The summed E-state index contributed by atoms with van der Waals surface area (Å²) in [5.74, 6) is 8.50. The highest BCUT2D eigenvalue weighted by atomic mass is 16.5. The first kappa shape index (κ1) is 19.1. The van der Waals surface area contributed by atoms with Crippen molar-refractivity contribution >= 4 is 0 Å². The Balaban J connectivity index is 1.44. The zero-order valence-electron chi connectivity index (χ0n) is 16.9. The van der Waals surface area contributed by atoms with Crippen LogP contribution in [0.15, 0.2) is 53.6 Å². The van der Waals surface area contributed by atoms with Crippen molar-refractivity contribution in [1.29, 1.82) is 0 Å². The lowest BCUT2D eigenvalue weighted by molar-refractivity contribution is 0.288. The molecule has 1 aliphatic carbocycles. The topological polar surface area (TPSA) is 49.0 Å². The number of hydrogen-bond acceptors (Lipinski definition) is 3. The van der Waals surface area contributed by atoms with E-state index in [1.54, 1.807) is 16.8 Å². The smallest absolute Gasteiger partial charge is 0.254 e. The van der Waals surface area contributed by atoms with Gasteiger partial charge in [-0.05, 0) is 50.5 Å². The van der Waals surface area contributed by atoms with E-state index in [9.17, 15) is 4.79 Å². The molecular formula is C24H25N3O2. The third kappa shape index (κ3) is 4.78. The molecular weight excluding hydrogens is 362 g/mol. The molecule has 0 saturated heterocycles. The van der Waals surface area contributed by atoms with Crippen LogP contribution in [0.1, 0.15) is 42.4 Å². The Bertz CT molecular complexity index is 1110. The Morgan fingerprint density at radius 1 is 1.21 bits per heavy atom. The molecule has 29 heavy (non-hydrogen) atoms. The molecule has 4 rings (SSSR count). The second-order valence-electron chi connectivity index (χ2n) is 7.42. The number of aromatic nitrogens is 3. The van der Waals surface area contributed by atoms with Gasteiger partial charge in [0.05, 0.1) is 6.54 Å². The minimum atomic E-state index is -0.0727. The third-order valence-corrected chi connectivity index (χ3v) is 5.11. The van der Waals surface area contributed by atoms with Crippen LogP contribution in [0.2, 0.25) is 0 Å². The predicted molar refractivity (Wildman–Crippen MR) is 113 cm³/mol. The van der Waals surface area contributed by atoms with E-state index in [1.807, 2.05) is 48.0 Å². The SMILES string of the molecule is CCn1ccnc1COc1cc(C)n(Cc2ccc(C#CC3CC3)cc2)c(=O)c1. The van der Waals surface area contributed by atoms with Crippen molar-refractivity contribution in [2.45, 2.75) is 46.4 Å². The van der Waals surface area contributed by atoms with E-state index in [4.69, 9.17) is 4.74 Å². The first-order valence-electron chi connectivity index (χ1n) is 10.1. The fourth-order valence-corrected chi connectivity index (χ4v) is 3.19. The number of imidazole rings is 1. The normalized spacial score (nSPS) is 13.0. The lowest BCUT2D eigenvalue weighted by Crippen LogP contribution is -2.22. The number of benzene rings is 1. The summed E-state index contributed by atoms with van der Waals surface area (Å²) >= 11 is 0. The molecule has 0 unspecified atom stereocenters. The molecule has 0 atom stereocenters. The van der Waals surface area contributed by atoms with E-state index >= 15 is 0 Å². The van der Waals surface area contributed by atoms with Crippen LogP contribution in [0.5, 0.6) is 5.75 Å². The van der Waals surface area contributed by atoms with Gasteiger partial charge in [0.15, 0.2) is 0 Å². The summed E-state index contributed by atoms with van der Waals surface area (Å²) in [7, 11) is 0. The summed E-state index contributed by atoms with van der Waals surface area (Å²) in [4.78, 5) is 16.9. The second kappa shape index (κ2) is 8.40. The van der Waals surface area contributed by atoms with Crippen molar-refractivity contribution in [3.63, 3.8) is 0 Å². The molecule has 0 radical (unpaired) electrons. The highest BCUT2D eigenvalue weighted by Crippen LogP contribution is 2.27. The average molecular weight is 387 g/mol. The van der Waals surface area contributed by atoms with E-state index in [1.165, 1.54) is 12.8 Å². The number of pyridine rings is 1. The Hall–Kier alpha value is -3.26. The predicted octanol–water partition coefficient (Wildman–Crippen LogP) is 3.76. The van der Waals surface area contributed by atoms with Crippen molar-refractivity contribution in [2.24, 2.45) is 5.92 Å². The number of nitrogens with zero attached hydrogens (tertiary/aromatic N) is 3. The molecule has 2 aromatic heterocycles. The van der Waals surface area contributed by atoms with Crippen LogP contribution in [0, 0.1) is 24.7 Å². The van der Waals surface area contributed by atoms with Crippen LogP contribution >= 0.6 is 0 Å². The molecule has 0 N–H and O–H groups in total. The van der Waals surface area contributed by atoms with E-state index < -0.39 is 0 Å². The summed E-state index contributed by atoms with van der Waals surface area (Å²) in [6.45, 7) is 5.69. The third-order valence-electron chi connectivity index (χ3n) is 5.11. The minimum absolute atomic E-state index is 0.0727. The average Bonchev–Trinajstić information content (AvgIpc) is 3.44. The van der Waals surface area contributed by atoms with Crippen LogP contribution in [-0.2, 0) is 19.7 Å². The molecule has 5 nitrogen and oxygen atoms in total. The zero-order chi connectivity index (χ0) is 20.2. The van der Waals surface area contributed by atoms with Gasteiger partial charge in [-0.1, -0.05) is 24.0 Å². The quantitative estimate of drug-likeness (QED) is 0.605. The zero-order valence-corrected chi connectivity index (χ0v) is 16.9. The molecule has 1 aliphatic rings. The van der Waals surface area contributed by atoms with Gasteiger partial charge in [-0.3, -0.25) is 4.79 Å². The Morgan fingerprint density at radius 3 is 2.69 bits per heavy atom. The number of rotatable bonds is 6. The first-order chi connectivity index (χ1) is 14.1. The molecule has 0 amide bonds. The number of hydrogen-bond donors (Lipinski definition) is 0.